The van der Waals surface area contributed by atoms with Gasteiger partial charge in [-0.25, -0.2) is 0 Å². The number of ether oxygens (including phenoxy) is 1. The Morgan fingerprint density at radius 1 is 1.25 bits per heavy atom. The number of aryl methyl sites for hydroxylation is 1. The molecule has 1 saturated heterocycles. The first kappa shape index (κ1) is 21.4. The maximum absolute atomic E-state index is 13.2. The van der Waals surface area contributed by atoms with E-state index in [0.29, 0.717) is 30.9 Å². The average Bonchev–Trinajstić information content (AvgIpc) is 3.49. The fourth-order valence-corrected chi connectivity index (χ4v) is 5.32. The molecule has 0 radical (unpaired) electrons. The van der Waals surface area contributed by atoms with Gasteiger partial charge in [-0.05, 0) is 25.5 Å². The van der Waals surface area contributed by atoms with Crippen LogP contribution < -0.4 is 15.0 Å². The number of hydrogen-bond acceptors (Lipinski definition) is 8. The molecule has 1 unspecified atom stereocenters. The second-order valence-electron chi connectivity index (χ2n) is 8.19. The Labute approximate surface area is 186 Å². The average molecular weight is 468 g/mol. The standard InChI is InChI=1S/C20H24F3N7OS/c1-2-3-13-8-14-16(25-19(26-17(14)32-13)31-11-12-4-5-24-9-12)29-6-7-30-15(10-29)27-28-18(30)20(21,22)23/h8,12,24H,2-7,9-11H2,1H3. The van der Waals surface area contributed by atoms with E-state index in [4.69, 9.17) is 4.74 Å². The Kier molecular flexibility index (Phi) is 5.66. The van der Waals surface area contributed by atoms with E-state index in [0.717, 1.165) is 47.1 Å². The van der Waals surface area contributed by atoms with Gasteiger partial charge in [0, 0.05) is 30.4 Å². The van der Waals surface area contributed by atoms with Gasteiger partial charge in [0.1, 0.15) is 10.6 Å². The summed E-state index contributed by atoms with van der Waals surface area (Å²) in [5.74, 6) is 0.427. The molecule has 0 spiro atoms. The quantitative estimate of drug-likeness (QED) is 0.596. The Balaban J connectivity index is 1.46. The molecule has 8 nitrogen and oxygen atoms in total. The number of alkyl halides is 3. The lowest BCUT2D eigenvalue weighted by atomic mass is 10.1. The summed E-state index contributed by atoms with van der Waals surface area (Å²) in [5, 5.41) is 11.4. The van der Waals surface area contributed by atoms with Crippen molar-refractivity contribution in [3.8, 4) is 6.01 Å². The summed E-state index contributed by atoms with van der Waals surface area (Å²) < 4.78 is 46.7. The van der Waals surface area contributed by atoms with E-state index < -0.39 is 12.0 Å². The monoisotopic (exact) mass is 467 g/mol. The van der Waals surface area contributed by atoms with Crippen LogP contribution in [0, 0.1) is 5.92 Å². The van der Waals surface area contributed by atoms with Gasteiger partial charge in [0.15, 0.2) is 5.82 Å². The highest BCUT2D eigenvalue weighted by Gasteiger charge is 2.39. The second kappa shape index (κ2) is 8.47. The molecule has 0 saturated carbocycles. The van der Waals surface area contributed by atoms with Crippen LogP contribution in [0.1, 0.15) is 36.3 Å². The van der Waals surface area contributed by atoms with Crippen molar-refractivity contribution in [3.05, 3.63) is 22.6 Å². The largest absolute Gasteiger partial charge is 0.463 e. The maximum atomic E-state index is 13.2. The minimum Gasteiger partial charge on any atom is -0.463 e. The Bertz CT molecular complexity index is 1110. The molecular weight excluding hydrogens is 443 g/mol. The summed E-state index contributed by atoms with van der Waals surface area (Å²) in [4.78, 5) is 13.3. The molecule has 2 aliphatic rings. The van der Waals surface area contributed by atoms with E-state index in [-0.39, 0.29) is 18.9 Å². The van der Waals surface area contributed by atoms with Gasteiger partial charge in [-0.2, -0.15) is 23.1 Å². The Morgan fingerprint density at radius 2 is 2.12 bits per heavy atom. The zero-order valence-electron chi connectivity index (χ0n) is 17.7. The van der Waals surface area contributed by atoms with E-state index in [1.807, 2.05) is 4.90 Å². The van der Waals surface area contributed by atoms with Crippen LogP contribution in [0.3, 0.4) is 0 Å². The second-order valence-corrected chi connectivity index (χ2v) is 9.31. The molecule has 0 amide bonds. The summed E-state index contributed by atoms with van der Waals surface area (Å²) in [6, 6.07) is 2.40. The third-order valence-corrected chi connectivity index (χ3v) is 6.91. The molecule has 0 aliphatic carbocycles. The third kappa shape index (κ3) is 4.13. The zero-order chi connectivity index (χ0) is 22.3. The van der Waals surface area contributed by atoms with E-state index in [1.165, 1.54) is 4.88 Å². The Morgan fingerprint density at radius 3 is 2.88 bits per heavy atom. The highest BCUT2D eigenvalue weighted by atomic mass is 32.1. The SMILES string of the molecule is CCCc1cc2c(N3CCn4c(nnc4C(F)(F)F)C3)nc(OCC3CCNC3)nc2s1. The first-order valence-electron chi connectivity index (χ1n) is 10.8. The molecule has 3 aromatic rings. The van der Waals surface area contributed by atoms with Crippen molar-refractivity contribution < 1.29 is 17.9 Å². The summed E-state index contributed by atoms with van der Waals surface area (Å²) >= 11 is 1.61. The minimum atomic E-state index is -4.52. The van der Waals surface area contributed by atoms with Crippen molar-refractivity contribution in [1.82, 2.24) is 30.0 Å². The molecule has 0 aromatic carbocycles. The fraction of sp³-hybridized carbons (Fsp3) is 0.600. The molecule has 172 valence electrons. The number of rotatable bonds is 6. The Hall–Kier alpha value is -2.47. The number of aromatic nitrogens is 5. The number of thiophene rings is 1. The van der Waals surface area contributed by atoms with Crippen LogP contribution in [0.4, 0.5) is 19.0 Å². The molecule has 5 rings (SSSR count). The van der Waals surface area contributed by atoms with Gasteiger partial charge in [-0.3, -0.25) is 0 Å². The van der Waals surface area contributed by atoms with E-state index in [9.17, 15) is 13.2 Å². The summed E-state index contributed by atoms with van der Waals surface area (Å²) in [6.07, 6.45) is -1.51. The van der Waals surface area contributed by atoms with Crippen LogP contribution in [0.15, 0.2) is 6.07 Å². The third-order valence-electron chi connectivity index (χ3n) is 5.82. The number of hydrogen-bond donors (Lipinski definition) is 1. The summed E-state index contributed by atoms with van der Waals surface area (Å²) in [7, 11) is 0. The zero-order valence-corrected chi connectivity index (χ0v) is 18.5. The van der Waals surface area contributed by atoms with Crippen LogP contribution >= 0.6 is 11.3 Å². The molecule has 0 bridgehead atoms. The smallest absolute Gasteiger partial charge is 0.451 e. The molecule has 12 heteroatoms. The molecule has 1 N–H and O–H groups in total. The number of halogens is 3. The van der Waals surface area contributed by atoms with Crippen molar-refractivity contribution in [3.63, 3.8) is 0 Å². The highest BCUT2D eigenvalue weighted by Crippen LogP contribution is 2.36. The van der Waals surface area contributed by atoms with Gasteiger partial charge in [-0.1, -0.05) is 13.3 Å². The lowest BCUT2D eigenvalue weighted by Crippen LogP contribution is -2.36. The fourth-order valence-electron chi connectivity index (χ4n) is 4.21. The van der Waals surface area contributed by atoms with Gasteiger partial charge in [0.05, 0.1) is 18.5 Å². The molecule has 1 atom stereocenters. The number of anilines is 1. The van der Waals surface area contributed by atoms with Crippen molar-refractivity contribution in [2.24, 2.45) is 5.92 Å². The molecule has 3 aromatic heterocycles. The normalized spacial score (nSPS) is 19.0. The predicted octanol–water partition coefficient (Wildman–Crippen LogP) is 3.26. The minimum absolute atomic E-state index is 0.137. The van der Waals surface area contributed by atoms with Crippen molar-refractivity contribution in [1.29, 1.82) is 0 Å². The molecule has 32 heavy (non-hydrogen) atoms. The van der Waals surface area contributed by atoms with E-state index >= 15 is 0 Å². The number of nitrogens with zero attached hydrogens (tertiary/aromatic N) is 6. The molecule has 1 fully saturated rings. The molecule has 2 aliphatic heterocycles. The van der Waals surface area contributed by atoms with Gasteiger partial charge in [0.25, 0.3) is 0 Å². The van der Waals surface area contributed by atoms with Crippen molar-refractivity contribution in [2.45, 2.75) is 45.5 Å². The van der Waals surface area contributed by atoms with Crippen LogP contribution in [-0.4, -0.2) is 51.0 Å². The van der Waals surface area contributed by atoms with Gasteiger partial charge in [0.2, 0.25) is 5.82 Å². The molecule has 5 heterocycles. The first-order chi connectivity index (χ1) is 15.4. The van der Waals surface area contributed by atoms with Crippen LogP contribution in [-0.2, 0) is 25.7 Å². The molecular formula is C20H24F3N7OS. The summed E-state index contributed by atoms with van der Waals surface area (Å²) in [6.45, 7) is 5.26. The van der Waals surface area contributed by atoms with Gasteiger partial charge >= 0.3 is 12.2 Å². The lowest BCUT2D eigenvalue weighted by Gasteiger charge is -2.29. The first-order valence-corrected chi connectivity index (χ1v) is 11.6. The highest BCUT2D eigenvalue weighted by molar-refractivity contribution is 7.18. The number of fused-ring (bicyclic) bond motifs is 2. The predicted molar refractivity (Wildman–Crippen MR) is 114 cm³/mol. The van der Waals surface area contributed by atoms with Crippen LogP contribution in [0.5, 0.6) is 6.01 Å². The number of nitrogens with one attached hydrogen (secondary N) is 1. The van der Waals surface area contributed by atoms with Crippen molar-refractivity contribution >= 4 is 27.4 Å². The van der Waals surface area contributed by atoms with Crippen LogP contribution in [0.2, 0.25) is 0 Å². The van der Waals surface area contributed by atoms with Crippen molar-refractivity contribution in [2.75, 3.05) is 31.1 Å². The lowest BCUT2D eigenvalue weighted by molar-refractivity contribution is -0.147. The maximum Gasteiger partial charge on any atom is 0.451 e. The van der Waals surface area contributed by atoms with Gasteiger partial charge < -0.3 is 19.5 Å². The summed E-state index contributed by atoms with van der Waals surface area (Å²) in [5.41, 5.74) is 0. The van der Waals surface area contributed by atoms with Gasteiger partial charge in [-0.15, -0.1) is 21.5 Å². The van der Waals surface area contributed by atoms with Crippen LogP contribution in [0.25, 0.3) is 10.2 Å². The van der Waals surface area contributed by atoms with E-state index in [1.54, 1.807) is 11.3 Å². The topological polar surface area (TPSA) is 81.0 Å². The van der Waals surface area contributed by atoms with E-state index in [2.05, 4.69) is 38.5 Å².